The number of rotatable bonds is 6. The van der Waals surface area contributed by atoms with Gasteiger partial charge in [-0.1, -0.05) is 12.1 Å². The number of carbonyl (C=O) groups is 1. The lowest BCUT2D eigenvalue weighted by molar-refractivity contribution is -0.119. The van der Waals surface area contributed by atoms with Crippen LogP contribution in [0.25, 0.3) is 0 Å². The second-order valence-electron chi connectivity index (χ2n) is 3.63. The van der Waals surface area contributed by atoms with Crippen LogP contribution >= 0.6 is 11.6 Å². The van der Waals surface area contributed by atoms with Crippen molar-refractivity contribution >= 4 is 17.5 Å². The molecule has 17 heavy (non-hydrogen) atoms. The molecule has 0 bridgehead atoms. The van der Waals surface area contributed by atoms with Gasteiger partial charge in [-0.3, -0.25) is 4.79 Å². The average Bonchev–Trinajstić information content (AvgIpc) is 2.38. The molecule has 0 fully saturated rings. The van der Waals surface area contributed by atoms with Gasteiger partial charge in [-0.2, -0.15) is 0 Å². The number of benzene rings is 1. The van der Waals surface area contributed by atoms with Crippen molar-refractivity contribution in [2.24, 2.45) is 0 Å². The summed E-state index contributed by atoms with van der Waals surface area (Å²) in [5.74, 6) is 0.400. The molecule has 0 aliphatic carbocycles. The fourth-order valence-electron chi connectivity index (χ4n) is 1.47. The van der Waals surface area contributed by atoms with Gasteiger partial charge in [0, 0.05) is 0 Å². The van der Waals surface area contributed by atoms with Gasteiger partial charge in [0.1, 0.15) is 11.6 Å². The Morgan fingerprint density at radius 2 is 2.12 bits per heavy atom. The summed E-state index contributed by atoms with van der Waals surface area (Å²) < 4.78 is 5.05. The third-order valence-electron chi connectivity index (χ3n) is 2.35. The molecule has 4 nitrogen and oxygen atoms in total. The number of aliphatic hydroxyl groups is 1. The number of amides is 1. The molecule has 5 heteroatoms. The molecule has 1 aromatic rings. The van der Waals surface area contributed by atoms with Crippen molar-refractivity contribution in [2.75, 3.05) is 19.6 Å². The van der Waals surface area contributed by atoms with E-state index in [1.54, 1.807) is 7.11 Å². The van der Waals surface area contributed by atoms with E-state index in [2.05, 4.69) is 5.32 Å². The van der Waals surface area contributed by atoms with Gasteiger partial charge in [0.2, 0.25) is 5.91 Å². The molecule has 1 atom stereocenters. The molecule has 0 spiro atoms. The molecule has 0 aromatic heterocycles. The minimum atomic E-state index is -0.311. The Morgan fingerprint density at radius 3 is 2.59 bits per heavy atom. The number of alkyl halides is 1. The van der Waals surface area contributed by atoms with E-state index in [9.17, 15) is 4.79 Å². The first-order valence-electron chi connectivity index (χ1n) is 5.28. The van der Waals surface area contributed by atoms with E-state index in [1.165, 1.54) is 0 Å². The average molecular weight is 258 g/mol. The third kappa shape index (κ3) is 4.63. The highest BCUT2D eigenvalue weighted by molar-refractivity contribution is 6.27. The first-order chi connectivity index (χ1) is 8.19. The molecule has 0 saturated heterocycles. The number of hydrogen-bond acceptors (Lipinski definition) is 3. The summed E-state index contributed by atoms with van der Waals surface area (Å²) in [4.78, 5) is 11.1. The number of methoxy groups -OCH3 is 1. The Labute approximate surface area is 106 Å². The molecule has 0 aliphatic rings. The van der Waals surface area contributed by atoms with Crippen LogP contribution < -0.4 is 10.1 Å². The summed E-state index contributed by atoms with van der Waals surface area (Å²) >= 11 is 5.39. The maximum absolute atomic E-state index is 11.1. The van der Waals surface area contributed by atoms with Crippen LogP contribution in [0.5, 0.6) is 5.75 Å². The van der Waals surface area contributed by atoms with Crippen molar-refractivity contribution in [2.45, 2.75) is 12.5 Å². The van der Waals surface area contributed by atoms with E-state index >= 15 is 0 Å². The molecule has 0 radical (unpaired) electrons. The maximum atomic E-state index is 11.1. The number of aliphatic hydroxyl groups excluding tert-OH is 1. The predicted molar refractivity (Wildman–Crippen MR) is 66.4 cm³/mol. The van der Waals surface area contributed by atoms with Crippen LogP contribution in [0.2, 0.25) is 0 Å². The highest BCUT2D eigenvalue weighted by Crippen LogP contribution is 2.12. The van der Waals surface area contributed by atoms with Crippen molar-refractivity contribution in [1.29, 1.82) is 0 Å². The van der Waals surface area contributed by atoms with E-state index < -0.39 is 0 Å². The quantitative estimate of drug-likeness (QED) is 0.746. The Bertz CT molecular complexity index is 353. The number of nitrogens with one attached hydrogen (secondary N) is 1. The lowest BCUT2D eigenvalue weighted by atomic mass is 10.1. The summed E-state index contributed by atoms with van der Waals surface area (Å²) in [7, 11) is 1.60. The predicted octanol–water partition coefficient (Wildman–Crippen LogP) is 0.954. The zero-order valence-electron chi connectivity index (χ0n) is 9.65. The van der Waals surface area contributed by atoms with Crippen LogP contribution in [0.15, 0.2) is 24.3 Å². The van der Waals surface area contributed by atoms with Crippen molar-refractivity contribution in [1.82, 2.24) is 5.32 Å². The van der Waals surface area contributed by atoms with Gasteiger partial charge >= 0.3 is 0 Å². The molecule has 1 aromatic carbocycles. The molecule has 0 heterocycles. The standard InChI is InChI=1S/C12H16ClNO3/c1-17-11-4-2-9(3-5-11)6-10(8-15)14-12(16)7-13/h2-5,10,15H,6-8H2,1H3,(H,14,16)/t10-/m1/s1. The van der Waals surface area contributed by atoms with Crippen molar-refractivity contribution in [3.8, 4) is 5.75 Å². The highest BCUT2D eigenvalue weighted by Gasteiger charge is 2.11. The van der Waals surface area contributed by atoms with E-state index in [0.717, 1.165) is 11.3 Å². The summed E-state index contributed by atoms with van der Waals surface area (Å²) in [5, 5.41) is 11.8. The second kappa shape index (κ2) is 7.14. The van der Waals surface area contributed by atoms with Gasteiger partial charge in [-0.25, -0.2) is 0 Å². The molecule has 1 amide bonds. The van der Waals surface area contributed by atoms with Crippen molar-refractivity contribution < 1.29 is 14.6 Å². The number of hydrogen-bond donors (Lipinski definition) is 2. The van der Waals surface area contributed by atoms with Crippen molar-refractivity contribution in [3.05, 3.63) is 29.8 Å². The zero-order chi connectivity index (χ0) is 12.7. The third-order valence-corrected chi connectivity index (χ3v) is 2.59. The topological polar surface area (TPSA) is 58.6 Å². The fourth-order valence-corrected chi connectivity index (χ4v) is 1.55. The Kier molecular flexibility index (Phi) is 5.80. The minimum absolute atomic E-state index is 0.0981. The first-order valence-corrected chi connectivity index (χ1v) is 5.82. The second-order valence-corrected chi connectivity index (χ2v) is 3.90. The van der Waals surface area contributed by atoms with Gasteiger partial charge in [0.05, 0.1) is 19.8 Å². The van der Waals surface area contributed by atoms with Crippen molar-refractivity contribution in [3.63, 3.8) is 0 Å². The van der Waals surface area contributed by atoms with Gasteiger partial charge in [-0.05, 0) is 24.1 Å². The largest absolute Gasteiger partial charge is 0.497 e. The summed E-state index contributed by atoms with van der Waals surface area (Å²) in [5.41, 5.74) is 1.01. The SMILES string of the molecule is COc1ccc(C[C@H](CO)NC(=O)CCl)cc1. The van der Waals surface area contributed by atoms with Gasteiger partial charge in [0.15, 0.2) is 0 Å². The van der Waals surface area contributed by atoms with Crippen LogP contribution in [0, 0.1) is 0 Å². The Balaban J connectivity index is 2.57. The minimum Gasteiger partial charge on any atom is -0.497 e. The molecule has 0 aliphatic heterocycles. The highest BCUT2D eigenvalue weighted by atomic mass is 35.5. The summed E-state index contributed by atoms with van der Waals surface area (Å²) in [6.45, 7) is -0.116. The maximum Gasteiger partial charge on any atom is 0.235 e. The Morgan fingerprint density at radius 1 is 1.47 bits per heavy atom. The summed E-state index contributed by atoms with van der Waals surface area (Å²) in [6.07, 6.45) is 0.559. The van der Waals surface area contributed by atoms with Gasteiger partial charge in [-0.15, -0.1) is 11.6 Å². The number of halogens is 1. The van der Waals surface area contributed by atoms with E-state index in [4.69, 9.17) is 21.4 Å². The lowest BCUT2D eigenvalue weighted by Crippen LogP contribution is -2.39. The summed E-state index contributed by atoms with van der Waals surface area (Å²) in [6, 6.07) is 7.16. The molecule has 0 saturated carbocycles. The van der Waals surface area contributed by atoms with Crippen LogP contribution in [0.3, 0.4) is 0 Å². The van der Waals surface area contributed by atoms with Crippen LogP contribution in [0.1, 0.15) is 5.56 Å². The van der Waals surface area contributed by atoms with E-state index in [1.807, 2.05) is 24.3 Å². The van der Waals surface area contributed by atoms with Crippen LogP contribution in [-0.4, -0.2) is 36.7 Å². The van der Waals surface area contributed by atoms with E-state index in [-0.39, 0.29) is 24.4 Å². The Hall–Kier alpha value is -1.26. The fraction of sp³-hybridized carbons (Fsp3) is 0.417. The number of carbonyl (C=O) groups excluding carboxylic acids is 1. The molecular weight excluding hydrogens is 242 g/mol. The molecule has 1 rings (SSSR count). The van der Waals surface area contributed by atoms with Crippen LogP contribution in [-0.2, 0) is 11.2 Å². The molecule has 0 unspecified atom stereocenters. The monoisotopic (exact) mass is 257 g/mol. The smallest absolute Gasteiger partial charge is 0.235 e. The molecular formula is C12H16ClNO3. The first kappa shape index (κ1) is 13.8. The van der Waals surface area contributed by atoms with Gasteiger partial charge < -0.3 is 15.2 Å². The molecule has 94 valence electrons. The van der Waals surface area contributed by atoms with E-state index in [0.29, 0.717) is 6.42 Å². The van der Waals surface area contributed by atoms with Gasteiger partial charge in [0.25, 0.3) is 0 Å². The zero-order valence-corrected chi connectivity index (χ0v) is 10.4. The van der Waals surface area contributed by atoms with Crippen LogP contribution in [0.4, 0.5) is 0 Å². The molecule has 2 N–H and O–H groups in total. The normalized spacial score (nSPS) is 11.9. The lowest BCUT2D eigenvalue weighted by Gasteiger charge is -2.15. The number of ether oxygens (including phenoxy) is 1.